The highest BCUT2D eigenvalue weighted by Crippen LogP contribution is 2.38. The zero-order valence-electron chi connectivity index (χ0n) is 13.9. The van der Waals surface area contributed by atoms with Crippen LogP contribution in [-0.4, -0.2) is 24.8 Å². The molecule has 0 fully saturated rings. The summed E-state index contributed by atoms with van der Waals surface area (Å²) in [5.74, 6) is -0.355. The zero-order valence-corrected chi connectivity index (χ0v) is 15.4. The van der Waals surface area contributed by atoms with Crippen LogP contribution in [0.1, 0.15) is 27.9 Å². The summed E-state index contributed by atoms with van der Waals surface area (Å²) in [6.45, 7) is 4.81. The Hall–Kier alpha value is -2.04. The molecule has 130 valence electrons. The molecule has 0 saturated carbocycles. The number of halogens is 2. The number of benzene rings is 2. The lowest BCUT2D eigenvalue weighted by Gasteiger charge is -2.18. The van der Waals surface area contributed by atoms with Crippen LogP contribution in [0.5, 0.6) is 5.75 Å². The van der Waals surface area contributed by atoms with Crippen molar-refractivity contribution in [3.05, 3.63) is 57.1 Å². The Morgan fingerprint density at radius 2 is 1.68 bits per heavy atom. The number of hydrogen-bond acceptors (Lipinski definition) is 3. The maximum absolute atomic E-state index is 12.2. The normalized spacial score (nSPS) is 13.4. The molecule has 1 amide bonds. The van der Waals surface area contributed by atoms with Gasteiger partial charge in [0.2, 0.25) is 0 Å². The van der Waals surface area contributed by atoms with Gasteiger partial charge in [0.25, 0.3) is 11.7 Å². The summed E-state index contributed by atoms with van der Waals surface area (Å²) in [7, 11) is 0. The molecule has 0 N–H and O–H groups in total. The molecule has 0 aromatic heterocycles. The number of carbonyl (C=O) groups is 2. The van der Waals surface area contributed by atoms with E-state index in [0.29, 0.717) is 35.3 Å². The lowest BCUT2D eigenvalue weighted by atomic mass is 10.1. The predicted molar refractivity (Wildman–Crippen MR) is 99.2 cm³/mol. The second-order valence-electron chi connectivity index (χ2n) is 6.10. The van der Waals surface area contributed by atoms with Crippen LogP contribution < -0.4 is 9.64 Å². The summed E-state index contributed by atoms with van der Waals surface area (Å²) in [6.07, 6.45) is 0.574. The average molecular weight is 378 g/mol. The van der Waals surface area contributed by atoms with Crippen molar-refractivity contribution in [2.24, 2.45) is 0 Å². The van der Waals surface area contributed by atoms with Crippen LogP contribution in [0.4, 0.5) is 5.69 Å². The van der Waals surface area contributed by atoms with Crippen molar-refractivity contribution < 1.29 is 14.3 Å². The molecular weight excluding hydrogens is 361 g/mol. The molecule has 0 bridgehead atoms. The highest BCUT2D eigenvalue weighted by Gasteiger charge is 2.37. The highest BCUT2D eigenvalue weighted by atomic mass is 35.5. The van der Waals surface area contributed by atoms with Crippen molar-refractivity contribution in [2.45, 2.75) is 20.3 Å². The SMILES string of the molecule is Cc1cc(C)cc(OCCCN2C(=O)C(=O)c3cc(Cl)cc(Cl)c32)c1. The van der Waals surface area contributed by atoms with Crippen LogP contribution in [0.2, 0.25) is 10.0 Å². The topological polar surface area (TPSA) is 46.6 Å². The average Bonchev–Trinajstić information content (AvgIpc) is 2.75. The molecule has 2 aromatic rings. The van der Waals surface area contributed by atoms with E-state index in [0.717, 1.165) is 16.9 Å². The summed E-state index contributed by atoms with van der Waals surface area (Å²) < 4.78 is 5.75. The van der Waals surface area contributed by atoms with Crippen LogP contribution in [-0.2, 0) is 4.79 Å². The van der Waals surface area contributed by atoms with Crippen molar-refractivity contribution >= 4 is 40.6 Å². The number of aryl methyl sites for hydroxylation is 2. The van der Waals surface area contributed by atoms with E-state index in [1.807, 2.05) is 26.0 Å². The first-order valence-electron chi connectivity index (χ1n) is 7.93. The first-order chi connectivity index (χ1) is 11.9. The molecule has 4 nitrogen and oxygen atoms in total. The molecule has 0 radical (unpaired) electrons. The van der Waals surface area contributed by atoms with Gasteiger partial charge in [-0.3, -0.25) is 9.59 Å². The van der Waals surface area contributed by atoms with Gasteiger partial charge in [0.1, 0.15) is 5.75 Å². The number of fused-ring (bicyclic) bond motifs is 1. The molecule has 0 saturated heterocycles. The molecule has 1 aliphatic heterocycles. The number of carbonyl (C=O) groups excluding carboxylic acids is 2. The van der Waals surface area contributed by atoms with E-state index in [9.17, 15) is 9.59 Å². The van der Waals surface area contributed by atoms with Gasteiger partial charge >= 0.3 is 0 Å². The third-order valence-corrected chi connectivity index (χ3v) is 4.48. The molecule has 0 atom stereocenters. The Morgan fingerprint density at radius 1 is 1.00 bits per heavy atom. The number of ether oxygens (including phenoxy) is 1. The monoisotopic (exact) mass is 377 g/mol. The van der Waals surface area contributed by atoms with Crippen LogP contribution in [0.25, 0.3) is 0 Å². The van der Waals surface area contributed by atoms with Gasteiger partial charge < -0.3 is 9.64 Å². The fourth-order valence-electron chi connectivity index (χ4n) is 2.99. The maximum atomic E-state index is 12.2. The number of nitrogens with zero attached hydrogens (tertiary/aromatic N) is 1. The Kier molecular flexibility index (Phi) is 5.02. The first kappa shape index (κ1) is 17.8. The van der Waals surface area contributed by atoms with Gasteiger partial charge in [-0.15, -0.1) is 0 Å². The van der Waals surface area contributed by atoms with Crippen LogP contribution >= 0.6 is 23.2 Å². The standard InChI is InChI=1S/C19H17Cl2NO3/c1-11-6-12(2)8-14(7-11)25-5-3-4-22-17-15(18(23)19(22)24)9-13(20)10-16(17)21/h6-10H,3-5H2,1-2H3. The second-order valence-corrected chi connectivity index (χ2v) is 6.94. The Labute approximate surface area is 156 Å². The Balaban J connectivity index is 1.66. The van der Waals surface area contributed by atoms with Crippen molar-refractivity contribution in [1.82, 2.24) is 0 Å². The van der Waals surface area contributed by atoms with Gasteiger partial charge in [-0.1, -0.05) is 29.3 Å². The third-order valence-electron chi connectivity index (χ3n) is 3.97. The maximum Gasteiger partial charge on any atom is 0.299 e. The fraction of sp³-hybridized carbons (Fsp3) is 0.263. The Bertz CT molecular complexity index is 844. The summed E-state index contributed by atoms with van der Waals surface area (Å²) >= 11 is 12.1. The molecule has 0 unspecified atom stereocenters. The van der Waals surface area contributed by atoms with E-state index in [1.165, 1.54) is 17.0 Å². The Morgan fingerprint density at radius 3 is 2.36 bits per heavy atom. The number of hydrogen-bond donors (Lipinski definition) is 0. The van der Waals surface area contributed by atoms with Crippen molar-refractivity contribution in [1.29, 1.82) is 0 Å². The molecular formula is C19H17Cl2NO3. The lowest BCUT2D eigenvalue weighted by Crippen LogP contribution is -2.31. The van der Waals surface area contributed by atoms with Gasteiger partial charge in [-0.25, -0.2) is 0 Å². The summed E-state index contributed by atoms with van der Waals surface area (Å²) in [4.78, 5) is 25.7. The van der Waals surface area contributed by atoms with Gasteiger partial charge in [0.05, 0.1) is 22.9 Å². The smallest absolute Gasteiger partial charge is 0.299 e. The van der Waals surface area contributed by atoms with Crippen molar-refractivity contribution in [3.63, 3.8) is 0 Å². The molecule has 2 aromatic carbocycles. The van der Waals surface area contributed by atoms with E-state index >= 15 is 0 Å². The minimum atomic E-state index is -0.578. The number of anilines is 1. The van der Waals surface area contributed by atoms with E-state index < -0.39 is 11.7 Å². The van der Waals surface area contributed by atoms with E-state index in [1.54, 1.807) is 0 Å². The number of Topliss-reactive ketones (excluding diaryl/α,β-unsaturated/α-hetero) is 1. The highest BCUT2D eigenvalue weighted by molar-refractivity contribution is 6.54. The van der Waals surface area contributed by atoms with E-state index in [2.05, 4.69) is 6.07 Å². The van der Waals surface area contributed by atoms with Gasteiger partial charge in [0.15, 0.2) is 0 Å². The van der Waals surface area contributed by atoms with Crippen LogP contribution in [0.15, 0.2) is 30.3 Å². The largest absolute Gasteiger partial charge is 0.494 e. The molecule has 1 heterocycles. The number of amides is 1. The first-order valence-corrected chi connectivity index (χ1v) is 8.69. The number of rotatable bonds is 5. The molecule has 0 spiro atoms. The molecule has 25 heavy (non-hydrogen) atoms. The minimum Gasteiger partial charge on any atom is -0.494 e. The molecule has 6 heteroatoms. The quantitative estimate of drug-likeness (QED) is 0.564. The summed E-state index contributed by atoms with van der Waals surface area (Å²) in [5, 5.41) is 0.641. The molecule has 1 aliphatic rings. The van der Waals surface area contributed by atoms with Crippen molar-refractivity contribution in [2.75, 3.05) is 18.1 Å². The lowest BCUT2D eigenvalue weighted by molar-refractivity contribution is -0.114. The minimum absolute atomic E-state index is 0.262. The predicted octanol–water partition coefficient (Wildman–Crippen LogP) is 4.61. The summed E-state index contributed by atoms with van der Waals surface area (Å²) in [5.41, 5.74) is 2.96. The molecule has 3 rings (SSSR count). The third kappa shape index (κ3) is 3.65. The zero-order chi connectivity index (χ0) is 18.1. The van der Waals surface area contributed by atoms with Gasteiger partial charge in [-0.05, 0) is 55.7 Å². The summed E-state index contributed by atoms with van der Waals surface area (Å²) in [6, 6.07) is 9.02. The van der Waals surface area contributed by atoms with Gasteiger partial charge in [-0.2, -0.15) is 0 Å². The van der Waals surface area contributed by atoms with Gasteiger partial charge in [0, 0.05) is 11.6 Å². The van der Waals surface area contributed by atoms with Crippen LogP contribution in [0.3, 0.4) is 0 Å². The van der Waals surface area contributed by atoms with Crippen LogP contribution in [0, 0.1) is 13.8 Å². The van der Waals surface area contributed by atoms with Crippen molar-refractivity contribution in [3.8, 4) is 5.75 Å². The van der Waals surface area contributed by atoms with E-state index in [-0.39, 0.29) is 5.56 Å². The second kappa shape index (κ2) is 7.06. The van der Waals surface area contributed by atoms with E-state index in [4.69, 9.17) is 27.9 Å². The molecule has 0 aliphatic carbocycles. The number of ketones is 1. The fourth-order valence-corrected chi connectivity index (χ4v) is 3.59.